The van der Waals surface area contributed by atoms with Crippen LogP contribution in [0.4, 0.5) is 5.69 Å². The molecule has 3 aliphatic heterocycles. The third kappa shape index (κ3) is 4.39. The number of aliphatic hydroxyl groups is 1. The molecule has 5 atom stereocenters. The summed E-state index contributed by atoms with van der Waals surface area (Å²) in [5.41, 5.74) is -1.53. The fraction of sp³-hybridized carbons (Fsp3) is 0.536. The number of likely N-dealkylation sites (tertiary alicyclic amines) is 1. The van der Waals surface area contributed by atoms with E-state index in [1.807, 2.05) is 6.92 Å². The molecule has 1 aromatic carbocycles. The molecule has 1 N–H and O–H groups in total. The average Bonchev–Trinajstić information content (AvgIpc) is 3.50. The van der Waals surface area contributed by atoms with Gasteiger partial charge in [-0.1, -0.05) is 49.4 Å². The van der Waals surface area contributed by atoms with Crippen molar-refractivity contribution in [2.45, 2.75) is 56.3 Å². The Morgan fingerprint density at radius 1 is 1.27 bits per heavy atom. The van der Waals surface area contributed by atoms with E-state index >= 15 is 0 Å². The van der Waals surface area contributed by atoms with E-state index in [1.54, 1.807) is 35.2 Å². The Morgan fingerprint density at radius 3 is 2.68 bits per heavy atom. The third-order valence-corrected chi connectivity index (χ3v) is 8.36. The Kier molecular flexibility index (Phi) is 8.11. The molecule has 1 spiro atoms. The highest BCUT2D eigenvalue weighted by atomic mass is 35.5. The highest BCUT2D eigenvalue weighted by molar-refractivity contribution is 6.34. The van der Waals surface area contributed by atoms with Crippen molar-refractivity contribution in [2.75, 3.05) is 31.2 Å². The molecule has 4 rings (SSSR count). The number of para-hydroxylation sites is 1. The Hall–Kier alpha value is -2.68. The Bertz CT molecular complexity index is 1080. The minimum absolute atomic E-state index is 0.0244. The molecular weight excluding hydrogens is 496 g/mol. The zero-order valence-corrected chi connectivity index (χ0v) is 22.0. The van der Waals surface area contributed by atoms with Crippen LogP contribution >= 0.6 is 11.6 Å². The molecule has 37 heavy (non-hydrogen) atoms. The molecule has 200 valence electrons. The lowest BCUT2D eigenvalue weighted by atomic mass is 9.65. The maximum atomic E-state index is 14.4. The van der Waals surface area contributed by atoms with Crippen molar-refractivity contribution in [2.24, 2.45) is 11.8 Å². The SMILES string of the molecule is C=CCOC(=O)[C@H]1[C@H]2C(=O)N(CCCCO)C(C(=O)N(CC=C)c3ccccc3Cl)C23CC[C@]1(CC)O3. The van der Waals surface area contributed by atoms with Gasteiger partial charge in [0.1, 0.15) is 24.2 Å². The summed E-state index contributed by atoms with van der Waals surface area (Å²) in [6, 6.07) is 6.08. The molecule has 3 saturated heterocycles. The van der Waals surface area contributed by atoms with Crippen LogP contribution in [0, 0.1) is 11.8 Å². The number of carbonyl (C=O) groups is 3. The van der Waals surface area contributed by atoms with Crippen LogP contribution in [0.15, 0.2) is 49.6 Å². The molecule has 1 aromatic rings. The number of anilines is 1. The van der Waals surface area contributed by atoms with Crippen LogP contribution in [0.5, 0.6) is 0 Å². The largest absolute Gasteiger partial charge is 0.461 e. The summed E-state index contributed by atoms with van der Waals surface area (Å²) in [5, 5.41) is 9.75. The average molecular weight is 531 g/mol. The van der Waals surface area contributed by atoms with Gasteiger partial charge in [-0.3, -0.25) is 14.4 Å². The Morgan fingerprint density at radius 2 is 2.03 bits per heavy atom. The first kappa shape index (κ1) is 27.4. The molecule has 0 radical (unpaired) electrons. The van der Waals surface area contributed by atoms with Gasteiger partial charge in [0.2, 0.25) is 5.91 Å². The van der Waals surface area contributed by atoms with Gasteiger partial charge in [0, 0.05) is 19.7 Å². The summed E-state index contributed by atoms with van der Waals surface area (Å²) in [5.74, 6) is -2.77. The van der Waals surface area contributed by atoms with Gasteiger partial charge >= 0.3 is 5.97 Å². The maximum absolute atomic E-state index is 14.4. The van der Waals surface area contributed by atoms with E-state index in [2.05, 4.69) is 13.2 Å². The Balaban J connectivity index is 1.80. The van der Waals surface area contributed by atoms with Crippen LogP contribution in [0.3, 0.4) is 0 Å². The summed E-state index contributed by atoms with van der Waals surface area (Å²) >= 11 is 6.48. The van der Waals surface area contributed by atoms with Gasteiger partial charge in [-0.15, -0.1) is 6.58 Å². The number of fused-ring (bicyclic) bond motifs is 1. The number of hydrogen-bond acceptors (Lipinski definition) is 6. The molecule has 0 aliphatic carbocycles. The number of esters is 1. The number of nitrogens with zero attached hydrogens (tertiary/aromatic N) is 2. The first-order valence-electron chi connectivity index (χ1n) is 12.9. The molecule has 8 nitrogen and oxygen atoms in total. The standard InChI is InChI=1S/C28H35ClN2O6/c1-4-15-30(20-12-8-7-11-19(20)29)25(34)23-28-14-13-27(6-3,37-28)22(26(35)36-18-5-2)21(28)24(33)31(23)16-9-10-17-32/h4-5,7-8,11-12,21-23,32H,1-2,6,9-10,13-18H2,3H3/t21-,22+,23?,27-,28?/m0/s1. The van der Waals surface area contributed by atoms with Gasteiger partial charge in [-0.2, -0.15) is 0 Å². The monoisotopic (exact) mass is 530 g/mol. The number of halogens is 1. The number of rotatable bonds is 12. The van der Waals surface area contributed by atoms with E-state index in [-0.39, 0.29) is 38.1 Å². The summed E-state index contributed by atoms with van der Waals surface area (Å²) in [7, 11) is 0. The van der Waals surface area contributed by atoms with Crippen molar-refractivity contribution >= 4 is 35.1 Å². The zero-order valence-electron chi connectivity index (χ0n) is 21.2. The molecule has 3 heterocycles. The number of carbonyl (C=O) groups excluding carboxylic acids is 3. The van der Waals surface area contributed by atoms with Crippen molar-refractivity contribution in [3.8, 4) is 0 Å². The Labute approximate surface area is 222 Å². The van der Waals surface area contributed by atoms with E-state index in [0.717, 1.165) is 0 Å². The van der Waals surface area contributed by atoms with Crippen LogP contribution in [0.1, 0.15) is 39.0 Å². The van der Waals surface area contributed by atoms with Crippen molar-refractivity contribution in [1.29, 1.82) is 0 Å². The van der Waals surface area contributed by atoms with Crippen molar-refractivity contribution in [3.05, 3.63) is 54.6 Å². The van der Waals surface area contributed by atoms with Gasteiger partial charge in [-0.05, 0) is 44.2 Å². The summed E-state index contributed by atoms with van der Waals surface area (Å²) in [6.07, 6.45) is 5.61. The second kappa shape index (κ2) is 11.0. The van der Waals surface area contributed by atoms with Gasteiger partial charge in [-0.25, -0.2) is 0 Å². The highest BCUT2D eigenvalue weighted by Crippen LogP contribution is 2.64. The van der Waals surface area contributed by atoms with E-state index < -0.39 is 35.0 Å². The number of benzene rings is 1. The lowest BCUT2D eigenvalue weighted by Gasteiger charge is -2.37. The molecule has 9 heteroatoms. The molecule has 0 aromatic heterocycles. The van der Waals surface area contributed by atoms with Gasteiger partial charge in [0.05, 0.1) is 22.2 Å². The first-order chi connectivity index (χ1) is 17.8. The highest BCUT2D eigenvalue weighted by Gasteiger charge is 2.79. The fourth-order valence-corrected chi connectivity index (χ4v) is 6.71. The number of hydrogen-bond donors (Lipinski definition) is 1. The van der Waals surface area contributed by atoms with Crippen molar-refractivity contribution in [3.63, 3.8) is 0 Å². The first-order valence-corrected chi connectivity index (χ1v) is 13.3. The number of unbranched alkanes of at least 4 members (excludes halogenated alkanes) is 1. The number of amides is 2. The lowest BCUT2D eigenvalue weighted by molar-refractivity contribution is -0.159. The quantitative estimate of drug-likeness (QED) is 0.252. The van der Waals surface area contributed by atoms with Crippen LogP contribution in [-0.4, -0.2) is 71.3 Å². The van der Waals surface area contributed by atoms with Gasteiger partial charge < -0.3 is 24.4 Å². The summed E-state index contributed by atoms with van der Waals surface area (Å²) in [6.45, 7) is 9.81. The molecule has 3 aliphatic rings. The van der Waals surface area contributed by atoms with Crippen molar-refractivity contribution < 1.29 is 29.0 Å². The molecule has 2 unspecified atom stereocenters. The fourth-order valence-electron chi connectivity index (χ4n) is 6.48. The van der Waals surface area contributed by atoms with Crippen LogP contribution in [0.25, 0.3) is 0 Å². The molecule has 2 bridgehead atoms. The minimum Gasteiger partial charge on any atom is -0.461 e. The zero-order chi connectivity index (χ0) is 26.8. The van der Waals surface area contributed by atoms with E-state index in [4.69, 9.17) is 21.1 Å². The van der Waals surface area contributed by atoms with Gasteiger partial charge in [0.15, 0.2) is 0 Å². The second-order valence-electron chi connectivity index (χ2n) is 9.90. The minimum atomic E-state index is -1.16. The molecule has 0 saturated carbocycles. The number of ether oxygens (including phenoxy) is 2. The van der Waals surface area contributed by atoms with E-state index in [0.29, 0.717) is 42.8 Å². The smallest absolute Gasteiger partial charge is 0.313 e. The van der Waals surface area contributed by atoms with E-state index in [1.165, 1.54) is 11.0 Å². The predicted octanol–water partition coefficient (Wildman–Crippen LogP) is 3.52. The van der Waals surface area contributed by atoms with Crippen LogP contribution in [-0.2, 0) is 23.9 Å². The molecular formula is C28H35ClN2O6. The van der Waals surface area contributed by atoms with E-state index in [9.17, 15) is 19.5 Å². The number of aliphatic hydroxyl groups excluding tert-OH is 1. The maximum Gasteiger partial charge on any atom is 0.313 e. The summed E-state index contributed by atoms with van der Waals surface area (Å²) in [4.78, 5) is 44.8. The van der Waals surface area contributed by atoms with Crippen LogP contribution < -0.4 is 4.90 Å². The summed E-state index contributed by atoms with van der Waals surface area (Å²) < 4.78 is 12.2. The van der Waals surface area contributed by atoms with Crippen molar-refractivity contribution in [1.82, 2.24) is 4.90 Å². The lowest BCUT2D eigenvalue weighted by Crippen LogP contribution is -2.56. The second-order valence-corrected chi connectivity index (χ2v) is 10.3. The molecule has 2 amide bonds. The topological polar surface area (TPSA) is 96.4 Å². The van der Waals surface area contributed by atoms with Gasteiger partial charge in [0.25, 0.3) is 5.91 Å². The third-order valence-electron chi connectivity index (χ3n) is 8.04. The van der Waals surface area contributed by atoms with Crippen LogP contribution in [0.2, 0.25) is 5.02 Å². The predicted molar refractivity (Wildman–Crippen MR) is 140 cm³/mol. The molecule has 3 fully saturated rings. The normalized spacial score (nSPS) is 29.8.